The maximum absolute atomic E-state index is 12.1. The topological polar surface area (TPSA) is 118 Å². The van der Waals surface area contributed by atoms with Gasteiger partial charge in [0.25, 0.3) is 11.8 Å². The minimum Gasteiger partial charge on any atom is -0.484 e. The van der Waals surface area contributed by atoms with E-state index in [1.807, 2.05) is 6.07 Å². The summed E-state index contributed by atoms with van der Waals surface area (Å²) in [4.78, 5) is 23.8. The summed E-state index contributed by atoms with van der Waals surface area (Å²) < 4.78 is 16.0. The average molecular weight is 379 g/mol. The number of nitrogens with zero attached hydrogens (tertiary/aromatic N) is 1. The molecule has 0 spiro atoms. The fraction of sp³-hybridized carbons (Fsp3) is 0.150. The Labute approximate surface area is 160 Å². The van der Waals surface area contributed by atoms with Crippen molar-refractivity contribution in [2.75, 3.05) is 13.1 Å². The van der Waals surface area contributed by atoms with Gasteiger partial charge in [0.2, 0.25) is 0 Å². The average Bonchev–Trinajstić information content (AvgIpc) is 3.41. The van der Waals surface area contributed by atoms with Crippen molar-refractivity contribution in [3.63, 3.8) is 0 Å². The predicted octanol–water partition coefficient (Wildman–Crippen LogP) is 2.48. The number of rotatable bonds is 8. The first kappa shape index (κ1) is 18.8. The molecule has 0 saturated carbocycles. The molecule has 2 heterocycles. The lowest BCUT2D eigenvalue weighted by Crippen LogP contribution is -2.34. The van der Waals surface area contributed by atoms with Crippen LogP contribution in [0, 0.1) is 11.3 Å². The number of benzene rings is 1. The minimum absolute atomic E-state index is 0.0885. The minimum atomic E-state index is -0.407. The van der Waals surface area contributed by atoms with Crippen LogP contribution in [0.1, 0.15) is 32.4 Å². The Morgan fingerprint density at radius 2 is 1.71 bits per heavy atom. The number of carbonyl (C=O) groups is 2. The molecule has 28 heavy (non-hydrogen) atoms. The Morgan fingerprint density at radius 1 is 0.964 bits per heavy atom. The molecule has 0 unspecified atom stereocenters. The number of nitriles is 1. The third-order valence-corrected chi connectivity index (χ3v) is 3.70. The molecule has 0 saturated heterocycles. The fourth-order valence-corrected chi connectivity index (χ4v) is 2.35. The van der Waals surface area contributed by atoms with Gasteiger partial charge in [-0.25, -0.2) is 0 Å². The normalized spacial score (nSPS) is 10.1. The van der Waals surface area contributed by atoms with Crippen LogP contribution in [0.4, 0.5) is 0 Å². The van der Waals surface area contributed by atoms with Crippen LogP contribution in [0.5, 0.6) is 5.75 Å². The molecule has 0 radical (unpaired) electrons. The van der Waals surface area contributed by atoms with Gasteiger partial charge < -0.3 is 24.2 Å². The van der Waals surface area contributed by atoms with Gasteiger partial charge in [0.05, 0.1) is 11.8 Å². The molecule has 0 atom stereocenters. The molecule has 8 nitrogen and oxygen atoms in total. The largest absolute Gasteiger partial charge is 0.484 e. The van der Waals surface area contributed by atoms with E-state index in [1.54, 1.807) is 42.5 Å². The van der Waals surface area contributed by atoms with E-state index in [0.717, 1.165) is 0 Å². The predicted molar refractivity (Wildman–Crippen MR) is 97.6 cm³/mol. The molecular weight excluding hydrogens is 362 g/mol. The number of para-hydroxylation sites is 1. The number of carbonyl (C=O) groups excluding carboxylic acids is 2. The fourth-order valence-electron chi connectivity index (χ4n) is 2.35. The molecule has 8 heteroatoms. The van der Waals surface area contributed by atoms with Gasteiger partial charge >= 0.3 is 0 Å². The van der Waals surface area contributed by atoms with Crippen molar-refractivity contribution < 1.29 is 23.2 Å². The second-order valence-corrected chi connectivity index (χ2v) is 5.65. The van der Waals surface area contributed by atoms with E-state index in [9.17, 15) is 9.59 Å². The molecule has 0 aliphatic heterocycles. The van der Waals surface area contributed by atoms with E-state index in [1.165, 1.54) is 12.3 Å². The SMILES string of the molecule is N#Cc1ccccc1OCc1ccc(C(=O)NCCNC(=O)c2ccco2)o1. The molecule has 2 amide bonds. The Hall–Kier alpha value is -3.99. The molecule has 142 valence electrons. The van der Waals surface area contributed by atoms with Crippen molar-refractivity contribution in [2.45, 2.75) is 6.61 Å². The first-order valence-electron chi connectivity index (χ1n) is 8.48. The van der Waals surface area contributed by atoms with Crippen LogP contribution in [-0.2, 0) is 6.61 Å². The summed E-state index contributed by atoms with van der Waals surface area (Å²) in [7, 11) is 0. The van der Waals surface area contributed by atoms with Crippen LogP contribution < -0.4 is 15.4 Å². The van der Waals surface area contributed by atoms with E-state index >= 15 is 0 Å². The molecule has 3 rings (SSSR count). The summed E-state index contributed by atoms with van der Waals surface area (Å²) in [5.41, 5.74) is 0.420. The zero-order valence-corrected chi connectivity index (χ0v) is 14.8. The Bertz CT molecular complexity index is 985. The highest BCUT2D eigenvalue weighted by atomic mass is 16.5. The van der Waals surface area contributed by atoms with Gasteiger partial charge in [0.1, 0.15) is 24.2 Å². The van der Waals surface area contributed by atoms with Gasteiger partial charge in [0, 0.05) is 13.1 Å². The lowest BCUT2D eigenvalue weighted by molar-refractivity contribution is 0.0898. The van der Waals surface area contributed by atoms with Crippen LogP contribution in [0.3, 0.4) is 0 Å². The molecule has 1 aromatic carbocycles. The maximum Gasteiger partial charge on any atom is 0.287 e. The van der Waals surface area contributed by atoms with Crippen molar-refractivity contribution in [1.82, 2.24) is 10.6 Å². The molecule has 0 aliphatic carbocycles. The lowest BCUT2D eigenvalue weighted by Gasteiger charge is -2.06. The monoisotopic (exact) mass is 379 g/mol. The summed E-state index contributed by atoms with van der Waals surface area (Å²) in [5, 5.41) is 14.3. The van der Waals surface area contributed by atoms with Crippen LogP contribution in [-0.4, -0.2) is 24.9 Å². The number of amides is 2. The molecule has 2 N–H and O–H groups in total. The highest BCUT2D eigenvalue weighted by molar-refractivity contribution is 5.92. The highest BCUT2D eigenvalue weighted by Gasteiger charge is 2.12. The Kier molecular flexibility index (Phi) is 6.10. The van der Waals surface area contributed by atoms with Crippen LogP contribution in [0.2, 0.25) is 0 Å². The summed E-state index contributed by atoms with van der Waals surface area (Å²) >= 11 is 0. The van der Waals surface area contributed by atoms with Crippen LogP contribution in [0.15, 0.2) is 63.6 Å². The maximum atomic E-state index is 12.1. The van der Waals surface area contributed by atoms with Gasteiger partial charge in [-0.2, -0.15) is 5.26 Å². The first-order chi connectivity index (χ1) is 13.7. The molecule has 0 fully saturated rings. The summed E-state index contributed by atoms with van der Waals surface area (Å²) in [6.07, 6.45) is 1.41. The van der Waals surface area contributed by atoms with E-state index in [2.05, 4.69) is 10.6 Å². The third-order valence-electron chi connectivity index (χ3n) is 3.70. The standard InChI is InChI=1S/C20H17N3O5/c21-12-14-4-1-2-5-16(14)27-13-15-7-8-18(28-15)20(25)23-10-9-22-19(24)17-6-3-11-26-17/h1-8,11H,9-10,13H2,(H,22,24)(H,23,25). The number of nitrogens with one attached hydrogen (secondary N) is 2. The molecular formula is C20H17N3O5. The zero-order chi connectivity index (χ0) is 19.8. The Morgan fingerprint density at radius 3 is 2.43 bits per heavy atom. The summed E-state index contributed by atoms with van der Waals surface area (Å²) in [5.74, 6) is 0.471. The van der Waals surface area contributed by atoms with Crippen molar-refractivity contribution in [1.29, 1.82) is 5.26 Å². The number of hydrogen-bond acceptors (Lipinski definition) is 6. The van der Waals surface area contributed by atoms with Crippen molar-refractivity contribution >= 4 is 11.8 Å². The van der Waals surface area contributed by atoms with Crippen LogP contribution >= 0.6 is 0 Å². The third kappa shape index (κ3) is 4.80. The van der Waals surface area contributed by atoms with Gasteiger partial charge in [-0.05, 0) is 36.4 Å². The molecule has 0 bridgehead atoms. The van der Waals surface area contributed by atoms with Gasteiger partial charge in [-0.15, -0.1) is 0 Å². The van der Waals surface area contributed by atoms with E-state index in [4.69, 9.17) is 18.8 Å². The van der Waals surface area contributed by atoms with Crippen molar-refractivity contribution in [3.05, 3.63) is 77.6 Å². The Balaban J connectivity index is 1.43. The highest BCUT2D eigenvalue weighted by Crippen LogP contribution is 2.19. The molecule has 2 aromatic heterocycles. The molecule has 0 aliphatic rings. The van der Waals surface area contributed by atoms with Crippen LogP contribution in [0.25, 0.3) is 0 Å². The number of hydrogen-bond donors (Lipinski definition) is 2. The van der Waals surface area contributed by atoms with E-state index in [-0.39, 0.29) is 37.1 Å². The lowest BCUT2D eigenvalue weighted by atomic mass is 10.2. The van der Waals surface area contributed by atoms with Gasteiger partial charge in [-0.3, -0.25) is 9.59 Å². The second-order valence-electron chi connectivity index (χ2n) is 5.65. The van der Waals surface area contributed by atoms with E-state index in [0.29, 0.717) is 17.1 Å². The second kappa shape index (κ2) is 9.09. The number of furan rings is 2. The smallest absolute Gasteiger partial charge is 0.287 e. The van der Waals surface area contributed by atoms with Crippen molar-refractivity contribution in [2.24, 2.45) is 0 Å². The summed E-state index contributed by atoms with van der Waals surface area (Å²) in [6, 6.07) is 15.2. The van der Waals surface area contributed by atoms with Gasteiger partial charge in [0.15, 0.2) is 11.5 Å². The molecule has 3 aromatic rings. The van der Waals surface area contributed by atoms with Crippen molar-refractivity contribution in [3.8, 4) is 11.8 Å². The first-order valence-corrected chi connectivity index (χ1v) is 8.48. The zero-order valence-electron chi connectivity index (χ0n) is 14.8. The van der Waals surface area contributed by atoms with E-state index < -0.39 is 5.91 Å². The van der Waals surface area contributed by atoms with Gasteiger partial charge in [-0.1, -0.05) is 12.1 Å². The quantitative estimate of drug-likeness (QED) is 0.581. The number of ether oxygens (including phenoxy) is 1. The summed E-state index contributed by atoms with van der Waals surface area (Å²) in [6.45, 7) is 0.561.